The fourth-order valence-corrected chi connectivity index (χ4v) is 1.53. The summed E-state index contributed by atoms with van der Waals surface area (Å²) in [6, 6.07) is 0.695. The Bertz CT molecular complexity index is 91.3. The molecule has 2 nitrogen and oxygen atoms in total. The number of hydrogen-bond donors (Lipinski definition) is 1. The van der Waals surface area contributed by atoms with Crippen molar-refractivity contribution in [2.24, 2.45) is 0 Å². The molecule has 0 aromatic rings. The van der Waals surface area contributed by atoms with E-state index in [0.29, 0.717) is 6.04 Å². The van der Waals surface area contributed by atoms with Crippen LogP contribution in [0.5, 0.6) is 0 Å². The van der Waals surface area contributed by atoms with Crippen LogP contribution in [0, 0.1) is 0 Å². The molecule has 1 heterocycles. The van der Waals surface area contributed by atoms with Gasteiger partial charge >= 0.3 is 0 Å². The molecule has 1 saturated heterocycles. The average molecular weight is 142 g/mol. The maximum atomic E-state index is 3.43. The van der Waals surface area contributed by atoms with Crippen molar-refractivity contribution in [2.45, 2.75) is 26.3 Å². The van der Waals surface area contributed by atoms with E-state index in [1.165, 1.54) is 32.6 Å². The van der Waals surface area contributed by atoms with E-state index in [1.807, 2.05) is 0 Å². The summed E-state index contributed by atoms with van der Waals surface area (Å²) in [6.07, 6.45) is 1.28. The van der Waals surface area contributed by atoms with Crippen LogP contribution in [0.1, 0.15) is 20.3 Å². The highest BCUT2D eigenvalue weighted by Gasteiger charge is 2.13. The summed E-state index contributed by atoms with van der Waals surface area (Å²) in [4.78, 5) is 2.53. The van der Waals surface area contributed by atoms with Gasteiger partial charge in [-0.25, -0.2) is 0 Å². The highest BCUT2D eigenvalue weighted by atomic mass is 15.2. The van der Waals surface area contributed by atoms with Crippen LogP contribution in [0.4, 0.5) is 0 Å². The van der Waals surface area contributed by atoms with Crippen molar-refractivity contribution < 1.29 is 0 Å². The summed E-state index contributed by atoms with van der Waals surface area (Å²) in [5.41, 5.74) is 0. The topological polar surface area (TPSA) is 15.3 Å². The average Bonchev–Trinajstić information content (AvgIpc) is 1.88. The second kappa shape index (κ2) is 3.94. The molecule has 10 heavy (non-hydrogen) atoms. The van der Waals surface area contributed by atoms with Crippen LogP contribution in [0.3, 0.4) is 0 Å². The standard InChI is InChI=1S/C8H18N2/c1-3-5-10-6-4-9-8(2)7-10/h8-9H,3-7H2,1-2H3. The third-order valence-corrected chi connectivity index (χ3v) is 1.99. The molecular weight excluding hydrogens is 124 g/mol. The zero-order valence-corrected chi connectivity index (χ0v) is 7.06. The molecule has 0 amide bonds. The van der Waals surface area contributed by atoms with Gasteiger partial charge in [-0.05, 0) is 19.9 Å². The number of piperazine rings is 1. The molecule has 0 spiro atoms. The maximum absolute atomic E-state index is 3.43. The quantitative estimate of drug-likeness (QED) is 0.610. The van der Waals surface area contributed by atoms with Gasteiger partial charge in [-0.3, -0.25) is 0 Å². The summed E-state index contributed by atoms with van der Waals surface area (Å²) in [7, 11) is 0. The Labute approximate surface area is 63.6 Å². The minimum absolute atomic E-state index is 0.695. The molecule has 0 aliphatic carbocycles. The zero-order chi connectivity index (χ0) is 7.40. The van der Waals surface area contributed by atoms with Crippen LogP contribution in [0.25, 0.3) is 0 Å². The third kappa shape index (κ3) is 2.27. The normalized spacial score (nSPS) is 28.8. The first-order valence-corrected chi connectivity index (χ1v) is 4.28. The molecule has 0 radical (unpaired) electrons. The van der Waals surface area contributed by atoms with E-state index in [0.717, 1.165) is 0 Å². The number of nitrogens with one attached hydrogen (secondary N) is 1. The lowest BCUT2D eigenvalue weighted by atomic mass is 10.2. The predicted octanol–water partition coefficient (Wildman–Crippen LogP) is 0.690. The Balaban J connectivity index is 2.18. The van der Waals surface area contributed by atoms with Crippen molar-refractivity contribution in [1.29, 1.82) is 0 Å². The Hall–Kier alpha value is -0.0800. The molecule has 1 N–H and O–H groups in total. The van der Waals surface area contributed by atoms with Crippen molar-refractivity contribution in [3.8, 4) is 0 Å². The Morgan fingerprint density at radius 2 is 2.40 bits per heavy atom. The van der Waals surface area contributed by atoms with Gasteiger partial charge < -0.3 is 10.2 Å². The molecule has 1 aliphatic rings. The summed E-state index contributed by atoms with van der Waals surface area (Å²) in [5.74, 6) is 0. The summed E-state index contributed by atoms with van der Waals surface area (Å²) < 4.78 is 0. The van der Waals surface area contributed by atoms with E-state index in [4.69, 9.17) is 0 Å². The van der Waals surface area contributed by atoms with Gasteiger partial charge in [0.05, 0.1) is 0 Å². The van der Waals surface area contributed by atoms with Gasteiger partial charge in [0, 0.05) is 25.7 Å². The van der Waals surface area contributed by atoms with E-state index in [9.17, 15) is 0 Å². The van der Waals surface area contributed by atoms with Crippen LogP contribution in [0.15, 0.2) is 0 Å². The van der Waals surface area contributed by atoms with Gasteiger partial charge in [-0.1, -0.05) is 6.92 Å². The van der Waals surface area contributed by atoms with Crippen molar-refractivity contribution >= 4 is 0 Å². The van der Waals surface area contributed by atoms with Gasteiger partial charge in [0.2, 0.25) is 0 Å². The lowest BCUT2D eigenvalue weighted by Gasteiger charge is -2.31. The molecule has 0 saturated carbocycles. The molecular formula is C8H18N2. The van der Waals surface area contributed by atoms with Crippen molar-refractivity contribution in [3.05, 3.63) is 0 Å². The van der Waals surface area contributed by atoms with Crippen LogP contribution in [-0.4, -0.2) is 37.1 Å². The first kappa shape index (κ1) is 8.02. The van der Waals surface area contributed by atoms with Crippen LogP contribution in [0.2, 0.25) is 0 Å². The number of hydrogen-bond acceptors (Lipinski definition) is 2. The zero-order valence-electron chi connectivity index (χ0n) is 7.06. The molecule has 0 bridgehead atoms. The van der Waals surface area contributed by atoms with E-state index in [-0.39, 0.29) is 0 Å². The smallest absolute Gasteiger partial charge is 0.0167 e. The lowest BCUT2D eigenvalue weighted by Crippen LogP contribution is -2.49. The van der Waals surface area contributed by atoms with E-state index >= 15 is 0 Å². The van der Waals surface area contributed by atoms with Crippen molar-refractivity contribution in [1.82, 2.24) is 10.2 Å². The van der Waals surface area contributed by atoms with Crippen molar-refractivity contribution in [3.63, 3.8) is 0 Å². The molecule has 0 aromatic heterocycles. The maximum Gasteiger partial charge on any atom is 0.0167 e. The van der Waals surface area contributed by atoms with Crippen LogP contribution < -0.4 is 5.32 Å². The van der Waals surface area contributed by atoms with E-state index in [1.54, 1.807) is 0 Å². The second-order valence-electron chi connectivity index (χ2n) is 3.16. The molecule has 1 aliphatic heterocycles. The van der Waals surface area contributed by atoms with Gasteiger partial charge in [-0.2, -0.15) is 0 Å². The predicted molar refractivity (Wildman–Crippen MR) is 44.2 cm³/mol. The van der Waals surface area contributed by atoms with Gasteiger partial charge in [0.25, 0.3) is 0 Å². The molecule has 1 atom stereocenters. The van der Waals surface area contributed by atoms with Crippen LogP contribution in [-0.2, 0) is 0 Å². The SMILES string of the molecule is CCCN1CCNC(C)C1. The minimum Gasteiger partial charge on any atom is -0.312 e. The van der Waals surface area contributed by atoms with Gasteiger partial charge in [0.15, 0.2) is 0 Å². The lowest BCUT2D eigenvalue weighted by molar-refractivity contribution is 0.207. The molecule has 1 unspecified atom stereocenters. The fourth-order valence-electron chi connectivity index (χ4n) is 1.53. The third-order valence-electron chi connectivity index (χ3n) is 1.99. The Morgan fingerprint density at radius 1 is 1.60 bits per heavy atom. The Kier molecular flexibility index (Phi) is 3.16. The van der Waals surface area contributed by atoms with Gasteiger partial charge in [-0.15, -0.1) is 0 Å². The second-order valence-corrected chi connectivity index (χ2v) is 3.16. The Morgan fingerprint density at radius 3 is 3.00 bits per heavy atom. The number of rotatable bonds is 2. The molecule has 2 heteroatoms. The van der Waals surface area contributed by atoms with E-state index in [2.05, 4.69) is 24.1 Å². The summed E-state index contributed by atoms with van der Waals surface area (Å²) in [5, 5.41) is 3.43. The first-order valence-electron chi connectivity index (χ1n) is 4.28. The highest BCUT2D eigenvalue weighted by molar-refractivity contribution is 4.73. The minimum atomic E-state index is 0.695. The molecule has 1 rings (SSSR count). The largest absolute Gasteiger partial charge is 0.312 e. The highest BCUT2D eigenvalue weighted by Crippen LogP contribution is 1.98. The van der Waals surface area contributed by atoms with E-state index < -0.39 is 0 Å². The summed E-state index contributed by atoms with van der Waals surface area (Å²) in [6.45, 7) is 9.40. The summed E-state index contributed by atoms with van der Waals surface area (Å²) >= 11 is 0. The molecule has 1 fully saturated rings. The van der Waals surface area contributed by atoms with Gasteiger partial charge in [0.1, 0.15) is 0 Å². The van der Waals surface area contributed by atoms with Crippen LogP contribution >= 0.6 is 0 Å². The molecule has 0 aromatic carbocycles. The fraction of sp³-hybridized carbons (Fsp3) is 1.00. The van der Waals surface area contributed by atoms with Crippen molar-refractivity contribution in [2.75, 3.05) is 26.2 Å². The molecule has 60 valence electrons. The first-order chi connectivity index (χ1) is 4.83. The number of nitrogens with zero attached hydrogens (tertiary/aromatic N) is 1. The monoisotopic (exact) mass is 142 g/mol.